The summed E-state index contributed by atoms with van der Waals surface area (Å²) in [5.41, 5.74) is 1.98. The zero-order valence-corrected chi connectivity index (χ0v) is 22.2. The Kier molecular flexibility index (Phi) is 8.00. The van der Waals surface area contributed by atoms with E-state index in [0.29, 0.717) is 23.5 Å². The summed E-state index contributed by atoms with van der Waals surface area (Å²) in [6, 6.07) is 16.4. The van der Waals surface area contributed by atoms with Gasteiger partial charge in [0.15, 0.2) is 0 Å². The van der Waals surface area contributed by atoms with Crippen LogP contribution in [0.2, 0.25) is 0 Å². The van der Waals surface area contributed by atoms with Crippen LogP contribution < -0.4 is 15.0 Å². The monoisotopic (exact) mass is 538 g/mol. The third-order valence-corrected chi connectivity index (χ3v) is 7.29. The molecule has 2 aromatic carbocycles. The molecule has 2 aliphatic rings. The van der Waals surface area contributed by atoms with Crippen molar-refractivity contribution < 1.29 is 23.9 Å². The van der Waals surface area contributed by atoms with Gasteiger partial charge in [-0.05, 0) is 73.2 Å². The lowest BCUT2D eigenvalue weighted by molar-refractivity contribution is -0.140. The van der Waals surface area contributed by atoms with Crippen molar-refractivity contribution in [2.45, 2.75) is 31.8 Å². The van der Waals surface area contributed by atoms with Crippen LogP contribution >= 0.6 is 0 Å². The molecule has 0 spiro atoms. The minimum absolute atomic E-state index is 0.116. The topological polar surface area (TPSA) is 109 Å². The van der Waals surface area contributed by atoms with Crippen LogP contribution in [0.1, 0.15) is 35.2 Å². The van der Waals surface area contributed by atoms with E-state index in [1.165, 1.54) is 9.80 Å². The fourth-order valence-corrected chi connectivity index (χ4v) is 5.27. The molecule has 1 N–H and O–H groups in total. The average molecular weight is 539 g/mol. The van der Waals surface area contributed by atoms with Crippen LogP contribution in [0.5, 0.6) is 5.75 Å². The molecule has 0 bridgehead atoms. The number of hydrogen-bond donors (Lipinski definition) is 1. The van der Waals surface area contributed by atoms with Crippen LogP contribution in [0.25, 0.3) is 0 Å². The van der Waals surface area contributed by atoms with Crippen molar-refractivity contribution in [3.63, 3.8) is 0 Å². The van der Waals surface area contributed by atoms with E-state index in [4.69, 9.17) is 4.74 Å². The summed E-state index contributed by atoms with van der Waals surface area (Å²) >= 11 is 0. The number of nitrogens with zero attached hydrogens (tertiary/aromatic N) is 3. The van der Waals surface area contributed by atoms with E-state index in [2.05, 4.69) is 16.4 Å². The maximum Gasteiger partial charge on any atom is 0.299 e. The number of Topliss-reactive ketones (excluding diaryl/α,β-unsaturated/α-hetero) is 1. The molecule has 2 atom stereocenters. The van der Waals surface area contributed by atoms with Gasteiger partial charge in [0, 0.05) is 24.6 Å². The Labute approximate surface area is 232 Å². The summed E-state index contributed by atoms with van der Waals surface area (Å²) in [6.07, 6.45) is 9.54. The first kappa shape index (κ1) is 26.8. The number of hydrogen-bond acceptors (Lipinski definition) is 6. The number of pyridine rings is 1. The van der Waals surface area contributed by atoms with Crippen LogP contribution in [0, 0.1) is 5.92 Å². The van der Waals surface area contributed by atoms with Crippen LogP contribution in [-0.4, -0.2) is 53.1 Å². The van der Waals surface area contributed by atoms with Crippen molar-refractivity contribution in [3.05, 3.63) is 96.3 Å². The maximum absolute atomic E-state index is 14.1. The number of nitrogens with one attached hydrogen (secondary N) is 1. The van der Waals surface area contributed by atoms with Crippen molar-refractivity contribution in [3.8, 4) is 5.75 Å². The minimum atomic E-state index is -0.830. The van der Waals surface area contributed by atoms with Gasteiger partial charge >= 0.3 is 0 Å². The van der Waals surface area contributed by atoms with Crippen LogP contribution in [0.4, 0.5) is 11.4 Å². The molecule has 2 unspecified atom stereocenters. The van der Waals surface area contributed by atoms with Crippen LogP contribution in [0.15, 0.2) is 85.2 Å². The van der Waals surface area contributed by atoms with Crippen molar-refractivity contribution in [2.24, 2.45) is 5.92 Å². The smallest absolute Gasteiger partial charge is 0.299 e. The quantitative estimate of drug-likeness (QED) is 0.326. The highest BCUT2D eigenvalue weighted by molar-refractivity contribution is 6.52. The number of benzene rings is 2. The second kappa shape index (κ2) is 11.9. The highest BCUT2D eigenvalue weighted by Crippen LogP contribution is 2.31. The third kappa shape index (κ3) is 5.63. The lowest BCUT2D eigenvalue weighted by Crippen LogP contribution is -2.54. The molecule has 1 aromatic heterocycles. The zero-order valence-electron chi connectivity index (χ0n) is 22.2. The number of amides is 3. The summed E-state index contributed by atoms with van der Waals surface area (Å²) in [5, 5.41) is 2.97. The van der Waals surface area contributed by atoms with Gasteiger partial charge in [0.2, 0.25) is 11.8 Å². The van der Waals surface area contributed by atoms with Crippen LogP contribution in [0.3, 0.4) is 0 Å². The molecular weight excluding hydrogens is 508 g/mol. The highest BCUT2D eigenvalue weighted by atomic mass is 16.5. The first-order valence-corrected chi connectivity index (χ1v) is 13.2. The normalized spacial score (nSPS) is 16.8. The molecular formula is C31H30N4O5. The number of carbonyl (C=O) groups excluding carboxylic acids is 4. The number of rotatable bonds is 9. The molecule has 3 amide bonds. The van der Waals surface area contributed by atoms with E-state index in [1.807, 2.05) is 12.1 Å². The molecule has 1 aliphatic carbocycles. The molecule has 9 nitrogen and oxygen atoms in total. The first-order valence-electron chi connectivity index (χ1n) is 13.2. The molecule has 1 aliphatic heterocycles. The fourth-order valence-electron chi connectivity index (χ4n) is 5.27. The van der Waals surface area contributed by atoms with Crippen molar-refractivity contribution in [1.82, 2.24) is 9.88 Å². The molecule has 9 heteroatoms. The maximum atomic E-state index is 14.1. The SMILES string of the molecule is COc1ccc(NC(=O)C(C2CC=CCC2)N(Cc2cccnc2)C(=O)CN2C(=O)C(=O)c3ccccc32)cc1. The molecule has 40 heavy (non-hydrogen) atoms. The van der Waals surface area contributed by atoms with Gasteiger partial charge in [-0.3, -0.25) is 29.1 Å². The number of anilines is 2. The predicted octanol–water partition coefficient (Wildman–Crippen LogP) is 4.01. The number of aromatic nitrogens is 1. The Bertz CT molecular complexity index is 1440. The van der Waals surface area contributed by atoms with Gasteiger partial charge in [-0.2, -0.15) is 0 Å². The minimum Gasteiger partial charge on any atom is -0.497 e. The van der Waals surface area contributed by atoms with Crippen molar-refractivity contribution >= 4 is 34.9 Å². The van der Waals surface area contributed by atoms with E-state index in [-0.39, 0.29) is 30.5 Å². The van der Waals surface area contributed by atoms with Crippen LogP contribution in [-0.2, 0) is 20.9 Å². The summed E-state index contributed by atoms with van der Waals surface area (Å²) in [6.45, 7) is -0.248. The molecule has 0 saturated carbocycles. The highest BCUT2D eigenvalue weighted by Gasteiger charge is 2.41. The Hall–Kier alpha value is -4.79. The summed E-state index contributed by atoms with van der Waals surface area (Å²) in [4.78, 5) is 60.4. The number of allylic oxidation sites excluding steroid dienone is 2. The van der Waals surface area contributed by atoms with E-state index < -0.39 is 23.6 Å². The second-order valence-corrected chi connectivity index (χ2v) is 9.83. The number of para-hydroxylation sites is 1. The van der Waals surface area contributed by atoms with E-state index in [0.717, 1.165) is 18.4 Å². The Morgan fingerprint density at radius 1 is 1.07 bits per heavy atom. The molecule has 204 valence electrons. The van der Waals surface area contributed by atoms with Gasteiger partial charge in [0.05, 0.1) is 18.4 Å². The van der Waals surface area contributed by atoms with Gasteiger partial charge in [0.1, 0.15) is 18.3 Å². The zero-order chi connectivity index (χ0) is 28.1. The number of fused-ring (bicyclic) bond motifs is 1. The number of ketones is 1. The van der Waals surface area contributed by atoms with E-state index in [1.54, 1.807) is 74.1 Å². The molecule has 0 saturated heterocycles. The Balaban J connectivity index is 1.48. The Morgan fingerprint density at radius 2 is 1.88 bits per heavy atom. The second-order valence-electron chi connectivity index (χ2n) is 9.83. The number of ether oxygens (including phenoxy) is 1. The van der Waals surface area contributed by atoms with Gasteiger partial charge in [0.25, 0.3) is 11.7 Å². The standard InChI is InChI=1S/C31H30N4O5/c1-40-24-15-13-23(14-16-24)33-30(38)28(22-9-3-2-4-10-22)35(19-21-8-7-17-32-18-21)27(36)20-34-26-12-6-5-11-25(26)29(37)31(34)39/h2-3,5-8,11-18,22,28H,4,9-10,19-20H2,1H3,(H,33,38). The van der Waals surface area contributed by atoms with Gasteiger partial charge in [-0.1, -0.05) is 30.4 Å². The summed E-state index contributed by atoms with van der Waals surface area (Å²) < 4.78 is 5.22. The van der Waals surface area contributed by atoms with Gasteiger partial charge in [-0.25, -0.2) is 0 Å². The largest absolute Gasteiger partial charge is 0.497 e. The lowest BCUT2D eigenvalue weighted by atomic mass is 9.85. The molecule has 0 radical (unpaired) electrons. The van der Waals surface area contributed by atoms with Crippen molar-refractivity contribution in [2.75, 3.05) is 23.9 Å². The van der Waals surface area contributed by atoms with Crippen molar-refractivity contribution in [1.29, 1.82) is 0 Å². The molecule has 0 fully saturated rings. The van der Waals surface area contributed by atoms with E-state index in [9.17, 15) is 19.2 Å². The van der Waals surface area contributed by atoms with Gasteiger partial charge < -0.3 is 15.0 Å². The molecule has 3 aromatic rings. The molecule has 2 heterocycles. The van der Waals surface area contributed by atoms with E-state index >= 15 is 0 Å². The van der Waals surface area contributed by atoms with Gasteiger partial charge in [-0.15, -0.1) is 0 Å². The average Bonchev–Trinajstić information content (AvgIpc) is 3.23. The number of methoxy groups -OCH3 is 1. The predicted molar refractivity (Wildman–Crippen MR) is 150 cm³/mol. The first-order chi connectivity index (χ1) is 19.5. The fraction of sp³-hybridized carbons (Fsp3) is 0.258. The summed E-state index contributed by atoms with van der Waals surface area (Å²) in [7, 11) is 1.57. The molecule has 5 rings (SSSR count). The third-order valence-electron chi connectivity index (χ3n) is 7.29. The Morgan fingerprint density at radius 3 is 2.58 bits per heavy atom. The summed E-state index contributed by atoms with van der Waals surface area (Å²) in [5.74, 6) is -1.65. The lowest BCUT2D eigenvalue weighted by Gasteiger charge is -2.37. The number of carbonyl (C=O) groups is 4.